The van der Waals surface area contributed by atoms with Gasteiger partial charge in [-0.25, -0.2) is 0 Å². The van der Waals surface area contributed by atoms with Crippen LogP contribution in [-0.4, -0.2) is 17.1 Å². The molecule has 1 aromatic rings. The highest BCUT2D eigenvalue weighted by Crippen LogP contribution is 2.26. The van der Waals surface area contributed by atoms with Gasteiger partial charge in [0, 0.05) is 16.6 Å². The zero-order chi connectivity index (χ0) is 13.1. The third-order valence-corrected chi connectivity index (χ3v) is 3.87. The summed E-state index contributed by atoms with van der Waals surface area (Å²) < 4.78 is 0. The van der Waals surface area contributed by atoms with E-state index in [0.717, 1.165) is 18.4 Å². The standard InChI is InChI=1S/C13H15Cl2NO2/c14-9-5-4-8(11(15)6-9)7-16-13(18)10-2-1-3-12(10)17/h4-6,10,12,17H,1-3,7H2,(H,16,18). The molecule has 0 aromatic heterocycles. The molecule has 0 heterocycles. The number of nitrogens with one attached hydrogen (secondary N) is 1. The van der Waals surface area contributed by atoms with Crippen LogP contribution < -0.4 is 5.32 Å². The van der Waals surface area contributed by atoms with Crippen LogP contribution >= 0.6 is 23.2 Å². The summed E-state index contributed by atoms with van der Waals surface area (Å²) in [6, 6.07) is 5.17. The quantitative estimate of drug-likeness (QED) is 0.898. The molecule has 1 aromatic carbocycles. The lowest BCUT2D eigenvalue weighted by Gasteiger charge is -2.14. The Labute approximate surface area is 116 Å². The maximum atomic E-state index is 11.9. The fourth-order valence-corrected chi connectivity index (χ4v) is 2.70. The van der Waals surface area contributed by atoms with E-state index >= 15 is 0 Å². The van der Waals surface area contributed by atoms with Crippen molar-refractivity contribution in [3.05, 3.63) is 33.8 Å². The number of amides is 1. The van der Waals surface area contributed by atoms with Crippen molar-refractivity contribution in [1.82, 2.24) is 5.32 Å². The zero-order valence-corrected chi connectivity index (χ0v) is 11.3. The van der Waals surface area contributed by atoms with Crippen molar-refractivity contribution in [1.29, 1.82) is 0 Å². The van der Waals surface area contributed by atoms with Crippen LogP contribution in [0.3, 0.4) is 0 Å². The molecular weight excluding hydrogens is 273 g/mol. The van der Waals surface area contributed by atoms with Gasteiger partial charge in [0.2, 0.25) is 5.91 Å². The van der Waals surface area contributed by atoms with Crippen LogP contribution in [0.1, 0.15) is 24.8 Å². The van der Waals surface area contributed by atoms with Crippen LogP contribution in [0.5, 0.6) is 0 Å². The Balaban J connectivity index is 1.93. The maximum absolute atomic E-state index is 11.9. The highest BCUT2D eigenvalue weighted by molar-refractivity contribution is 6.35. The molecule has 1 aliphatic carbocycles. The van der Waals surface area contributed by atoms with Gasteiger partial charge in [0.1, 0.15) is 0 Å². The maximum Gasteiger partial charge on any atom is 0.225 e. The van der Waals surface area contributed by atoms with E-state index in [2.05, 4.69) is 5.32 Å². The number of carbonyl (C=O) groups is 1. The van der Waals surface area contributed by atoms with Crippen molar-refractivity contribution in [3.8, 4) is 0 Å². The third kappa shape index (κ3) is 3.16. The van der Waals surface area contributed by atoms with Gasteiger partial charge in [-0.15, -0.1) is 0 Å². The lowest BCUT2D eigenvalue weighted by atomic mass is 10.1. The Morgan fingerprint density at radius 1 is 1.39 bits per heavy atom. The summed E-state index contributed by atoms with van der Waals surface area (Å²) in [5, 5.41) is 13.6. The Morgan fingerprint density at radius 3 is 2.78 bits per heavy atom. The molecule has 1 aliphatic rings. The van der Waals surface area contributed by atoms with Crippen molar-refractivity contribution in [2.75, 3.05) is 0 Å². The van der Waals surface area contributed by atoms with Crippen LogP contribution in [0.25, 0.3) is 0 Å². The summed E-state index contributed by atoms with van der Waals surface area (Å²) in [5.74, 6) is -0.387. The Kier molecular flexibility index (Phi) is 4.49. The van der Waals surface area contributed by atoms with Crippen LogP contribution in [0.4, 0.5) is 0 Å². The summed E-state index contributed by atoms with van der Waals surface area (Å²) >= 11 is 11.8. The molecule has 0 radical (unpaired) electrons. The van der Waals surface area contributed by atoms with Crippen molar-refractivity contribution in [2.24, 2.45) is 5.92 Å². The van der Waals surface area contributed by atoms with E-state index in [9.17, 15) is 9.90 Å². The van der Waals surface area contributed by atoms with Gasteiger partial charge in [0.15, 0.2) is 0 Å². The van der Waals surface area contributed by atoms with Crippen LogP contribution in [0.2, 0.25) is 10.0 Å². The smallest absolute Gasteiger partial charge is 0.225 e. The molecule has 98 valence electrons. The van der Waals surface area contributed by atoms with Crippen LogP contribution in [0, 0.1) is 5.92 Å². The summed E-state index contributed by atoms with van der Waals surface area (Å²) in [6.07, 6.45) is 1.85. The number of benzene rings is 1. The molecule has 5 heteroatoms. The first-order chi connectivity index (χ1) is 8.58. The van der Waals surface area contributed by atoms with Crippen molar-refractivity contribution in [2.45, 2.75) is 31.9 Å². The zero-order valence-electron chi connectivity index (χ0n) is 9.83. The van der Waals surface area contributed by atoms with Gasteiger partial charge >= 0.3 is 0 Å². The van der Waals surface area contributed by atoms with Gasteiger partial charge in [-0.3, -0.25) is 4.79 Å². The monoisotopic (exact) mass is 287 g/mol. The van der Waals surface area contributed by atoms with E-state index in [1.54, 1.807) is 18.2 Å². The number of halogens is 2. The number of aliphatic hydroxyl groups excluding tert-OH is 1. The Bertz CT molecular complexity index is 451. The lowest BCUT2D eigenvalue weighted by molar-refractivity contribution is -0.127. The molecule has 0 spiro atoms. The lowest BCUT2D eigenvalue weighted by Crippen LogP contribution is -2.34. The second-order valence-corrected chi connectivity index (χ2v) is 5.40. The minimum absolute atomic E-state index is 0.106. The average molecular weight is 288 g/mol. The van der Waals surface area contributed by atoms with E-state index in [-0.39, 0.29) is 11.8 Å². The second-order valence-electron chi connectivity index (χ2n) is 4.56. The SMILES string of the molecule is O=C(NCc1ccc(Cl)cc1Cl)C1CCCC1O. The minimum atomic E-state index is -0.509. The van der Waals surface area contributed by atoms with E-state index in [4.69, 9.17) is 23.2 Å². The molecule has 2 rings (SSSR count). The topological polar surface area (TPSA) is 49.3 Å². The first kappa shape index (κ1) is 13.7. The molecule has 3 nitrogen and oxygen atoms in total. The van der Waals surface area contributed by atoms with E-state index < -0.39 is 6.10 Å². The minimum Gasteiger partial charge on any atom is -0.392 e. The molecule has 0 bridgehead atoms. The highest BCUT2D eigenvalue weighted by atomic mass is 35.5. The van der Waals surface area contributed by atoms with Crippen molar-refractivity contribution >= 4 is 29.1 Å². The van der Waals surface area contributed by atoms with Crippen LogP contribution in [0.15, 0.2) is 18.2 Å². The van der Waals surface area contributed by atoms with Gasteiger partial charge in [-0.05, 0) is 37.0 Å². The van der Waals surface area contributed by atoms with E-state index in [1.807, 2.05) is 0 Å². The molecule has 18 heavy (non-hydrogen) atoms. The fraction of sp³-hybridized carbons (Fsp3) is 0.462. The summed E-state index contributed by atoms with van der Waals surface area (Å²) in [6.45, 7) is 0.359. The average Bonchev–Trinajstić information content (AvgIpc) is 2.74. The normalized spacial score (nSPS) is 23.1. The van der Waals surface area contributed by atoms with Gasteiger partial charge in [0.25, 0.3) is 0 Å². The molecule has 0 aliphatic heterocycles. The van der Waals surface area contributed by atoms with Gasteiger partial charge in [-0.1, -0.05) is 29.3 Å². The van der Waals surface area contributed by atoms with Crippen LogP contribution in [-0.2, 0) is 11.3 Å². The summed E-state index contributed by atoms with van der Waals surface area (Å²) in [5.41, 5.74) is 0.821. The molecule has 2 atom stereocenters. The molecule has 0 saturated heterocycles. The molecule has 1 amide bonds. The van der Waals surface area contributed by atoms with E-state index in [0.29, 0.717) is 23.0 Å². The van der Waals surface area contributed by atoms with Gasteiger partial charge < -0.3 is 10.4 Å². The van der Waals surface area contributed by atoms with Gasteiger partial charge in [-0.2, -0.15) is 0 Å². The number of rotatable bonds is 3. The number of hydrogen-bond donors (Lipinski definition) is 2. The largest absolute Gasteiger partial charge is 0.392 e. The Hall–Kier alpha value is -0.770. The van der Waals surface area contributed by atoms with Crippen molar-refractivity contribution in [3.63, 3.8) is 0 Å². The number of aliphatic hydroxyl groups is 1. The predicted octanol–water partition coefficient (Wildman–Crippen LogP) is 2.77. The first-order valence-corrected chi connectivity index (χ1v) is 6.73. The predicted molar refractivity (Wildman–Crippen MR) is 71.7 cm³/mol. The fourth-order valence-electron chi connectivity index (χ4n) is 2.22. The third-order valence-electron chi connectivity index (χ3n) is 3.28. The molecular formula is C13H15Cl2NO2. The highest BCUT2D eigenvalue weighted by Gasteiger charge is 2.31. The summed E-state index contributed by atoms with van der Waals surface area (Å²) in [4.78, 5) is 11.9. The van der Waals surface area contributed by atoms with Crippen molar-refractivity contribution < 1.29 is 9.90 Å². The first-order valence-electron chi connectivity index (χ1n) is 5.97. The summed E-state index contributed by atoms with van der Waals surface area (Å²) in [7, 11) is 0. The number of hydrogen-bond acceptors (Lipinski definition) is 2. The second kappa shape index (κ2) is 5.91. The number of carbonyl (C=O) groups excluding carboxylic acids is 1. The molecule has 1 saturated carbocycles. The molecule has 2 unspecified atom stereocenters. The molecule has 1 fully saturated rings. The van der Waals surface area contributed by atoms with Gasteiger partial charge in [0.05, 0.1) is 12.0 Å². The Morgan fingerprint density at radius 2 is 2.17 bits per heavy atom. The van der Waals surface area contributed by atoms with E-state index in [1.165, 1.54) is 0 Å². The molecule has 2 N–H and O–H groups in total.